The van der Waals surface area contributed by atoms with Crippen molar-refractivity contribution in [2.75, 3.05) is 6.61 Å². The van der Waals surface area contributed by atoms with Crippen molar-refractivity contribution in [1.82, 2.24) is 5.32 Å². The topological polar surface area (TPSA) is 63.0 Å². The Bertz CT molecular complexity index is 1010. The molecule has 29 heavy (non-hydrogen) atoms. The van der Waals surface area contributed by atoms with Gasteiger partial charge < -0.3 is 10.1 Å². The van der Waals surface area contributed by atoms with E-state index in [9.17, 15) is 4.79 Å². The number of allylic oxidation sites excluding steroid dienone is 2. The van der Waals surface area contributed by atoms with Crippen LogP contribution < -0.4 is 10.1 Å². The average Bonchev–Trinajstić information content (AvgIpc) is 3.15. The molecule has 5 rings (SSSR count). The molecule has 1 N–H and O–H groups in total. The van der Waals surface area contributed by atoms with Gasteiger partial charge in [0.1, 0.15) is 12.4 Å². The van der Waals surface area contributed by atoms with E-state index in [-0.39, 0.29) is 22.8 Å². The fraction of sp³-hybridized carbons (Fsp3) is 0.542. The van der Waals surface area contributed by atoms with Gasteiger partial charge in [-0.15, -0.1) is 0 Å². The van der Waals surface area contributed by atoms with Crippen LogP contribution in [-0.2, 0) is 10.2 Å². The molecule has 0 fully saturated rings. The average molecular weight is 392 g/mol. The summed E-state index contributed by atoms with van der Waals surface area (Å²) < 4.78 is 6.20. The van der Waals surface area contributed by atoms with Gasteiger partial charge in [0.05, 0.1) is 11.1 Å². The van der Waals surface area contributed by atoms with E-state index in [2.05, 4.69) is 56.2 Å². The van der Waals surface area contributed by atoms with Gasteiger partial charge in [0, 0.05) is 28.8 Å². The molecule has 0 amide bonds. The molecule has 1 spiro atoms. The smallest absolute Gasteiger partial charge is 0.165 e. The first kappa shape index (κ1) is 18.6. The number of ether oxygens (including phenoxy) is 1. The number of ketones is 1. The highest BCUT2D eigenvalue weighted by atomic mass is 16.5. The molecule has 0 bridgehead atoms. The standard InChI is InChI=1S/C24H29N3O2/c1-22(2,3)10-16-20-21(27-26-16)25-15-11-23(4,5)12-17(28)19(15)24(20)13-29-18-9-7-6-8-14(18)24/h6-9,21,25H,10-13H2,1-5H3/t21?,24-/m0/s1. The summed E-state index contributed by atoms with van der Waals surface area (Å²) >= 11 is 0. The molecule has 5 nitrogen and oxygen atoms in total. The van der Waals surface area contributed by atoms with E-state index in [0.717, 1.165) is 46.7 Å². The minimum atomic E-state index is -0.584. The zero-order valence-electron chi connectivity index (χ0n) is 17.9. The highest BCUT2D eigenvalue weighted by Crippen LogP contribution is 2.58. The summed E-state index contributed by atoms with van der Waals surface area (Å²) in [5.41, 5.74) is 4.53. The van der Waals surface area contributed by atoms with Gasteiger partial charge in [-0.1, -0.05) is 52.8 Å². The molecule has 0 saturated heterocycles. The third kappa shape index (κ3) is 2.70. The van der Waals surface area contributed by atoms with Gasteiger partial charge in [-0.05, 0) is 29.7 Å². The third-order valence-electron chi connectivity index (χ3n) is 6.44. The Labute approximate surface area is 172 Å². The maximum absolute atomic E-state index is 13.6. The summed E-state index contributed by atoms with van der Waals surface area (Å²) in [4.78, 5) is 13.6. The highest BCUT2D eigenvalue weighted by Gasteiger charge is 2.58. The number of rotatable bonds is 1. The van der Waals surface area contributed by atoms with Gasteiger partial charge in [0.25, 0.3) is 0 Å². The first-order valence-corrected chi connectivity index (χ1v) is 10.5. The quantitative estimate of drug-likeness (QED) is 0.729. The lowest BCUT2D eigenvalue weighted by molar-refractivity contribution is -0.119. The lowest BCUT2D eigenvalue weighted by atomic mass is 9.60. The van der Waals surface area contributed by atoms with Crippen LogP contribution in [0.3, 0.4) is 0 Å². The van der Waals surface area contributed by atoms with Crippen LogP contribution >= 0.6 is 0 Å². The molecule has 4 aliphatic rings. The van der Waals surface area contributed by atoms with Gasteiger partial charge >= 0.3 is 0 Å². The van der Waals surface area contributed by atoms with Crippen LogP contribution in [0.4, 0.5) is 0 Å². The maximum Gasteiger partial charge on any atom is 0.165 e. The summed E-state index contributed by atoms with van der Waals surface area (Å²) in [5.74, 6) is 1.09. The molecule has 1 aliphatic carbocycles. The van der Waals surface area contributed by atoms with Crippen molar-refractivity contribution in [2.24, 2.45) is 21.1 Å². The van der Waals surface area contributed by atoms with Crippen LogP contribution in [0.2, 0.25) is 0 Å². The molecule has 1 aromatic carbocycles. The second-order valence-corrected chi connectivity index (χ2v) is 10.8. The third-order valence-corrected chi connectivity index (χ3v) is 6.44. The van der Waals surface area contributed by atoms with E-state index in [1.54, 1.807) is 0 Å². The number of nitrogens with zero attached hydrogens (tertiary/aromatic N) is 2. The second kappa shape index (κ2) is 5.80. The lowest BCUT2D eigenvalue weighted by Crippen LogP contribution is -2.52. The van der Waals surface area contributed by atoms with Gasteiger partial charge in [-0.25, -0.2) is 0 Å². The Morgan fingerprint density at radius 1 is 1.21 bits per heavy atom. The minimum Gasteiger partial charge on any atom is -0.492 e. The fourth-order valence-corrected chi connectivity index (χ4v) is 5.49. The van der Waals surface area contributed by atoms with E-state index < -0.39 is 5.41 Å². The molecular weight excluding hydrogens is 362 g/mol. The number of Topliss-reactive ketones (excluding diaryl/α,β-unsaturated/α-hetero) is 1. The number of azo groups is 1. The molecule has 0 radical (unpaired) electrons. The van der Waals surface area contributed by atoms with E-state index in [1.165, 1.54) is 0 Å². The van der Waals surface area contributed by atoms with Crippen LogP contribution in [0.1, 0.15) is 59.4 Å². The molecule has 0 saturated carbocycles. The number of carbonyl (C=O) groups excluding carboxylic acids is 1. The summed E-state index contributed by atoms with van der Waals surface area (Å²) in [6, 6.07) is 8.15. The van der Waals surface area contributed by atoms with Crippen molar-refractivity contribution < 1.29 is 9.53 Å². The number of hydrogen-bond donors (Lipinski definition) is 1. The van der Waals surface area contributed by atoms with Gasteiger partial charge in [-0.2, -0.15) is 10.2 Å². The Morgan fingerprint density at radius 2 is 1.97 bits per heavy atom. The normalized spacial score (nSPS) is 29.6. The minimum absolute atomic E-state index is 0.0612. The zero-order valence-corrected chi connectivity index (χ0v) is 17.9. The van der Waals surface area contributed by atoms with Crippen LogP contribution in [0.15, 0.2) is 57.0 Å². The summed E-state index contributed by atoms with van der Waals surface area (Å²) in [7, 11) is 0. The molecular formula is C24H29N3O2. The molecule has 1 unspecified atom stereocenters. The highest BCUT2D eigenvalue weighted by molar-refractivity contribution is 6.02. The monoisotopic (exact) mass is 391 g/mol. The maximum atomic E-state index is 13.6. The molecule has 2 atom stereocenters. The van der Waals surface area contributed by atoms with Crippen molar-refractivity contribution in [3.05, 3.63) is 52.4 Å². The fourth-order valence-electron chi connectivity index (χ4n) is 5.49. The zero-order chi connectivity index (χ0) is 20.6. The summed E-state index contributed by atoms with van der Waals surface area (Å²) in [6.07, 6.45) is 1.99. The number of benzene rings is 1. The van der Waals surface area contributed by atoms with Crippen LogP contribution in [-0.4, -0.2) is 18.6 Å². The lowest BCUT2D eigenvalue weighted by Gasteiger charge is -2.45. The Morgan fingerprint density at radius 3 is 2.72 bits per heavy atom. The van der Waals surface area contributed by atoms with Gasteiger partial charge in [0.15, 0.2) is 11.9 Å². The van der Waals surface area contributed by atoms with Crippen molar-refractivity contribution in [2.45, 2.75) is 65.5 Å². The summed E-state index contributed by atoms with van der Waals surface area (Å²) in [5, 5.41) is 12.8. The molecule has 3 heterocycles. The molecule has 3 aliphatic heterocycles. The predicted octanol–water partition coefficient (Wildman–Crippen LogP) is 5.05. The molecule has 1 aromatic rings. The van der Waals surface area contributed by atoms with Crippen LogP contribution in [0, 0.1) is 10.8 Å². The first-order chi connectivity index (χ1) is 13.6. The predicted molar refractivity (Wildman–Crippen MR) is 112 cm³/mol. The Balaban J connectivity index is 1.79. The summed E-state index contributed by atoms with van der Waals surface area (Å²) in [6.45, 7) is 11.4. The SMILES string of the molecule is CC(C)(C)CC1=C2C(N=N1)NC1=C(C(=O)CC(C)(C)C1)[C@@]21COc2ccccc21. The first-order valence-electron chi connectivity index (χ1n) is 10.5. The molecule has 5 heteroatoms. The van der Waals surface area contributed by atoms with Crippen LogP contribution in [0.5, 0.6) is 5.75 Å². The van der Waals surface area contributed by atoms with Crippen molar-refractivity contribution in [3.63, 3.8) is 0 Å². The number of hydrogen-bond acceptors (Lipinski definition) is 5. The largest absolute Gasteiger partial charge is 0.492 e. The number of fused-ring (bicyclic) bond motifs is 5. The van der Waals surface area contributed by atoms with Gasteiger partial charge in [-0.3, -0.25) is 4.79 Å². The van der Waals surface area contributed by atoms with Crippen molar-refractivity contribution in [1.29, 1.82) is 0 Å². The Kier molecular flexibility index (Phi) is 3.72. The van der Waals surface area contributed by atoms with Crippen molar-refractivity contribution in [3.8, 4) is 5.75 Å². The van der Waals surface area contributed by atoms with Crippen molar-refractivity contribution >= 4 is 5.78 Å². The number of carbonyl (C=O) groups is 1. The Hall–Kier alpha value is -2.43. The van der Waals surface area contributed by atoms with Gasteiger partial charge in [0.2, 0.25) is 0 Å². The van der Waals surface area contributed by atoms with E-state index in [1.807, 2.05) is 18.2 Å². The second-order valence-electron chi connectivity index (χ2n) is 10.8. The van der Waals surface area contributed by atoms with E-state index in [4.69, 9.17) is 4.74 Å². The molecule has 0 aromatic heterocycles. The number of para-hydroxylation sites is 1. The molecule has 152 valence electrons. The van der Waals surface area contributed by atoms with Crippen LogP contribution in [0.25, 0.3) is 0 Å². The number of nitrogens with one attached hydrogen (secondary N) is 1. The van der Waals surface area contributed by atoms with E-state index in [0.29, 0.717) is 13.0 Å². The van der Waals surface area contributed by atoms with E-state index >= 15 is 0 Å².